The summed E-state index contributed by atoms with van der Waals surface area (Å²) in [5.74, 6) is 7.76. The summed E-state index contributed by atoms with van der Waals surface area (Å²) in [7, 11) is 3.24. The van der Waals surface area contributed by atoms with Gasteiger partial charge < -0.3 is 14.8 Å². The summed E-state index contributed by atoms with van der Waals surface area (Å²) in [6.45, 7) is 0.535. The fraction of sp³-hybridized carbons (Fsp3) is 0.231. The van der Waals surface area contributed by atoms with Gasteiger partial charge in [0.25, 0.3) is 0 Å². The van der Waals surface area contributed by atoms with E-state index in [2.05, 4.69) is 36.6 Å². The van der Waals surface area contributed by atoms with Crippen LogP contribution in [0.5, 0.6) is 11.5 Å². The highest BCUT2D eigenvalue weighted by Gasteiger charge is 2.08. The van der Waals surface area contributed by atoms with Crippen LogP contribution >= 0.6 is 15.9 Å². The number of hydrogen-bond acceptors (Lipinski definition) is 7. The van der Waals surface area contributed by atoms with Crippen LogP contribution in [0.3, 0.4) is 0 Å². The molecule has 112 valence electrons. The third-order valence-electron chi connectivity index (χ3n) is 2.81. The molecule has 0 spiro atoms. The number of aromatic nitrogens is 2. The molecule has 1 aromatic heterocycles. The maximum atomic E-state index is 5.35. The van der Waals surface area contributed by atoms with Crippen molar-refractivity contribution in [1.29, 1.82) is 0 Å². The van der Waals surface area contributed by atoms with Gasteiger partial charge in [-0.3, -0.25) is 5.43 Å². The molecule has 2 rings (SSSR count). The summed E-state index contributed by atoms with van der Waals surface area (Å²) >= 11 is 3.38. The van der Waals surface area contributed by atoms with E-state index in [4.69, 9.17) is 15.3 Å². The minimum absolute atomic E-state index is 0.336. The van der Waals surface area contributed by atoms with E-state index in [0.29, 0.717) is 18.3 Å². The topological polar surface area (TPSA) is 94.3 Å². The highest BCUT2D eigenvalue weighted by Crippen LogP contribution is 2.26. The van der Waals surface area contributed by atoms with E-state index < -0.39 is 0 Å². The van der Waals surface area contributed by atoms with Crippen molar-refractivity contribution in [2.75, 3.05) is 25.0 Å². The van der Waals surface area contributed by atoms with Gasteiger partial charge in [0.2, 0.25) is 5.95 Å². The van der Waals surface area contributed by atoms with Gasteiger partial charge in [-0.05, 0) is 28.1 Å². The fourth-order valence-electron chi connectivity index (χ4n) is 1.74. The van der Waals surface area contributed by atoms with E-state index in [1.807, 2.05) is 18.2 Å². The first-order valence-corrected chi connectivity index (χ1v) is 6.91. The Labute approximate surface area is 131 Å². The van der Waals surface area contributed by atoms with Gasteiger partial charge in [0.1, 0.15) is 17.3 Å². The fourth-order valence-corrected chi connectivity index (χ4v) is 2.07. The van der Waals surface area contributed by atoms with Gasteiger partial charge in [-0.2, -0.15) is 4.98 Å². The number of nitrogens with two attached hydrogens (primary N) is 1. The average Bonchev–Trinajstić information content (AvgIpc) is 2.54. The lowest BCUT2D eigenvalue weighted by atomic mass is 10.2. The third kappa shape index (κ3) is 3.73. The van der Waals surface area contributed by atoms with Crippen LogP contribution in [0, 0.1) is 0 Å². The molecule has 0 aliphatic heterocycles. The zero-order valence-electron chi connectivity index (χ0n) is 11.7. The average molecular weight is 354 g/mol. The van der Waals surface area contributed by atoms with Crippen molar-refractivity contribution < 1.29 is 9.47 Å². The minimum Gasteiger partial charge on any atom is -0.497 e. The molecule has 0 saturated carbocycles. The lowest BCUT2D eigenvalue weighted by Crippen LogP contribution is -2.12. The molecular formula is C13H16BrN5O2. The number of nitrogen functional groups attached to an aromatic ring is 1. The number of halogens is 1. The number of ether oxygens (including phenoxy) is 2. The van der Waals surface area contributed by atoms with Crippen molar-refractivity contribution in [1.82, 2.24) is 9.97 Å². The predicted molar refractivity (Wildman–Crippen MR) is 84.4 cm³/mol. The van der Waals surface area contributed by atoms with Crippen molar-refractivity contribution in [3.8, 4) is 11.5 Å². The van der Waals surface area contributed by atoms with E-state index in [9.17, 15) is 0 Å². The van der Waals surface area contributed by atoms with Gasteiger partial charge in [0, 0.05) is 24.4 Å². The van der Waals surface area contributed by atoms with Crippen molar-refractivity contribution in [2.45, 2.75) is 6.54 Å². The van der Waals surface area contributed by atoms with Crippen molar-refractivity contribution in [2.24, 2.45) is 5.84 Å². The van der Waals surface area contributed by atoms with Crippen LogP contribution in [-0.2, 0) is 6.54 Å². The van der Waals surface area contributed by atoms with E-state index in [-0.39, 0.29) is 0 Å². The smallest absolute Gasteiger partial charge is 0.239 e. The van der Waals surface area contributed by atoms with E-state index in [0.717, 1.165) is 21.5 Å². The summed E-state index contributed by atoms with van der Waals surface area (Å²) in [5.41, 5.74) is 3.38. The maximum Gasteiger partial charge on any atom is 0.239 e. The van der Waals surface area contributed by atoms with Gasteiger partial charge in [0.05, 0.1) is 18.7 Å². The van der Waals surface area contributed by atoms with Crippen LogP contribution in [0.15, 0.2) is 28.9 Å². The molecule has 0 saturated heterocycles. The zero-order valence-corrected chi connectivity index (χ0v) is 13.3. The first-order valence-electron chi connectivity index (χ1n) is 6.12. The van der Waals surface area contributed by atoms with Gasteiger partial charge >= 0.3 is 0 Å². The van der Waals surface area contributed by atoms with Crippen LogP contribution in [0.4, 0.5) is 11.8 Å². The standard InChI is InChI=1S/C13H16BrN5O2/c1-20-9-4-3-8(11(5-9)21-2)6-16-12-10(14)7-17-13(18-12)19-15/h3-5,7H,6,15H2,1-2H3,(H2,16,17,18,19). The Morgan fingerprint density at radius 3 is 2.76 bits per heavy atom. The van der Waals surface area contributed by atoms with E-state index in [1.54, 1.807) is 20.4 Å². The van der Waals surface area contributed by atoms with Crippen LogP contribution in [-0.4, -0.2) is 24.2 Å². The normalized spacial score (nSPS) is 10.1. The Balaban J connectivity index is 2.16. The van der Waals surface area contributed by atoms with Crippen LogP contribution in [0.1, 0.15) is 5.56 Å². The summed E-state index contributed by atoms with van der Waals surface area (Å²) < 4.78 is 11.3. The molecular weight excluding hydrogens is 338 g/mol. The molecule has 0 aliphatic carbocycles. The molecule has 0 unspecified atom stereocenters. The van der Waals surface area contributed by atoms with E-state index in [1.165, 1.54) is 0 Å². The molecule has 8 heteroatoms. The minimum atomic E-state index is 0.336. The van der Waals surface area contributed by atoms with Gasteiger partial charge in [-0.1, -0.05) is 0 Å². The predicted octanol–water partition coefficient (Wildman–Crippen LogP) is 2.15. The van der Waals surface area contributed by atoms with Gasteiger partial charge in [-0.15, -0.1) is 0 Å². The Hall–Kier alpha value is -2.06. The number of benzene rings is 1. The van der Waals surface area contributed by atoms with Crippen molar-refractivity contribution in [3.05, 3.63) is 34.4 Å². The Morgan fingerprint density at radius 2 is 2.10 bits per heavy atom. The quantitative estimate of drug-likeness (QED) is 0.541. The largest absolute Gasteiger partial charge is 0.497 e. The number of hydrazine groups is 1. The highest BCUT2D eigenvalue weighted by atomic mass is 79.9. The first-order chi connectivity index (χ1) is 10.2. The van der Waals surface area contributed by atoms with Gasteiger partial charge in [-0.25, -0.2) is 10.8 Å². The number of hydrogen-bond donors (Lipinski definition) is 3. The van der Waals surface area contributed by atoms with Crippen LogP contribution in [0.2, 0.25) is 0 Å². The van der Waals surface area contributed by atoms with Crippen molar-refractivity contribution >= 4 is 27.7 Å². The molecule has 0 atom stereocenters. The Bertz CT molecular complexity index is 624. The lowest BCUT2D eigenvalue weighted by Gasteiger charge is -2.12. The molecule has 2 aromatic rings. The molecule has 7 nitrogen and oxygen atoms in total. The molecule has 4 N–H and O–H groups in total. The summed E-state index contributed by atoms with van der Waals surface area (Å²) in [5, 5.41) is 3.20. The maximum absolute atomic E-state index is 5.35. The number of nitrogens with zero attached hydrogens (tertiary/aromatic N) is 2. The molecule has 0 amide bonds. The second-order valence-corrected chi connectivity index (χ2v) is 4.92. The number of rotatable bonds is 6. The first kappa shape index (κ1) is 15.3. The highest BCUT2D eigenvalue weighted by molar-refractivity contribution is 9.10. The second-order valence-electron chi connectivity index (χ2n) is 4.07. The summed E-state index contributed by atoms with van der Waals surface area (Å²) in [4.78, 5) is 8.22. The molecule has 0 fully saturated rings. The van der Waals surface area contributed by atoms with E-state index >= 15 is 0 Å². The zero-order chi connectivity index (χ0) is 15.2. The summed E-state index contributed by atoms with van der Waals surface area (Å²) in [6.07, 6.45) is 1.62. The monoisotopic (exact) mass is 353 g/mol. The molecule has 21 heavy (non-hydrogen) atoms. The molecule has 1 aromatic carbocycles. The number of anilines is 2. The van der Waals surface area contributed by atoms with Gasteiger partial charge in [0.15, 0.2) is 0 Å². The second kappa shape index (κ2) is 7.09. The third-order valence-corrected chi connectivity index (χ3v) is 3.39. The van der Waals surface area contributed by atoms with Crippen LogP contribution < -0.4 is 26.1 Å². The summed E-state index contributed by atoms with van der Waals surface area (Å²) in [6, 6.07) is 5.64. The Kier molecular flexibility index (Phi) is 5.18. The molecule has 0 aliphatic rings. The lowest BCUT2D eigenvalue weighted by molar-refractivity contribution is 0.391. The molecule has 0 radical (unpaired) electrons. The number of methoxy groups -OCH3 is 2. The Morgan fingerprint density at radius 1 is 1.29 bits per heavy atom. The SMILES string of the molecule is COc1ccc(CNc2nc(NN)ncc2Br)c(OC)c1. The number of nitrogens with one attached hydrogen (secondary N) is 2. The van der Waals surface area contributed by atoms with Crippen LogP contribution in [0.25, 0.3) is 0 Å². The van der Waals surface area contributed by atoms with Crippen molar-refractivity contribution in [3.63, 3.8) is 0 Å². The molecule has 1 heterocycles. The molecule has 0 bridgehead atoms.